The van der Waals surface area contributed by atoms with Crippen LogP contribution >= 0.6 is 15.2 Å². The van der Waals surface area contributed by atoms with Crippen molar-refractivity contribution >= 4 is 15.2 Å². The summed E-state index contributed by atoms with van der Waals surface area (Å²) in [6.45, 7) is -3.57. The van der Waals surface area contributed by atoms with Gasteiger partial charge in [-0.1, -0.05) is 0 Å². The van der Waals surface area contributed by atoms with E-state index in [9.17, 15) is 19.3 Å². The zero-order valence-corrected chi connectivity index (χ0v) is 19.5. The quantitative estimate of drug-likeness (QED) is 0.509. The molecule has 2 N–H and O–H groups in total. The second kappa shape index (κ2) is 11.2. The molecule has 4 aliphatic heterocycles. The van der Waals surface area contributed by atoms with Gasteiger partial charge in [-0.15, -0.1) is 0 Å². The van der Waals surface area contributed by atoms with Gasteiger partial charge in [-0.25, -0.2) is 0 Å². The second-order valence-corrected chi connectivity index (χ2v) is 12.5. The van der Waals surface area contributed by atoms with Crippen molar-refractivity contribution in [1.82, 2.24) is 0 Å². The van der Waals surface area contributed by atoms with Gasteiger partial charge in [-0.3, -0.25) is 9.13 Å². The third-order valence-electron chi connectivity index (χ3n) is 5.82. The summed E-state index contributed by atoms with van der Waals surface area (Å²) in [7, 11) is -7.43. The average Bonchev–Trinajstić information content (AvgIpc) is 3.43. The standard InChI is InChI=1S/C19H34O11P2/c20-11-17-15(4-7-24-17)29-32(23)10-2-1-9-31(22,27-12-18-14(21)3-6-25-18)30-16-5-8-26-19(16)13-28-32/h14-21H,1-13H2/t14-,15-,16-,17-,18-,19-,31-,32-/m1/s1/i6T,7T,8T/t6-,7-,8-,14+,15+,16+,17+,18+,19+,31+,32+/m0. The molecule has 13 heteroatoms. The van der Waals surface area contributed by atoms with E-state index in [0.29, 0.717) is 12.8 Å². The summed E-state index contributed by atoms with van der Waals surface area (Å²) in [5.41, 5.74) is 0. The Balaban J connectivity index is 1.44. The van der Waals surface area contributed by atoms with Gasteiger partial charge in [0.1, 0.15) is 18.3 Å². The van der Waals surface area contributed by atoms with Gasteiger partial charge >= 0.3 is 15.2 Å². The smallest absolute Gasteiger partial charge is 0.331 e. The van der Waals surface area contributed by atoms with E-state index >= 15 is 0 Å². The lowest BCUT2D eigenvalue weighted by Crippen LogP contribution is -2.31. The van der Waals surface area contributed by atoms with Crippen LogP contribution in [0.2, 0.25) is 0 Å². The molecule has 0 unspecified atom stereocenters. The molecule has 0 aromatic carbocycles. The van der Waals surface area contributed by atoms with Gasteiger partial charge in [0.25, 0.3) is 0 Å². The first-order valence-corrected chi connectivity index (χ1v) is 14.4. The second-order valence-electron chi connectivity index (χ2n) is 8.24. The molecule has 0 aliphatic carbocycles. The van der Waals surface area contributed by atoms with Crippen LogP contribution in [0.4, 0.5) is 0 Å². The van der Waals surface area contributed by atoms with Gasteiger partial charge in [-0.2, -0.15) is 0 Å². The van der Waals surface area contributed by atoms with Gasteiger partial charge in [0.15, 0.2) is 0 Å². The number of ether oxygens (including phenoxy) is 3. The highest BCUT2D eigenvalue weighted by Crippen LogP contribution is 2.56. The Morgan fingerprint density at radius 2 is 1.66 bits per heavy atom. The topological polar surface area (TPSA) is 139 Å². The molecule has 4 fully saturated rings. The van der Waals surface area contributed by atoms with Crippen molar-refractivity contribution in [3.8, 4) is 0 Å². The van der Waals surface area contributed by atoms with E-state index in [1.807, 2.05) is 0 Å². The number of rotatable bonds is 6. The summed E-state index contributed by atoms with van der Waals surface area (Å²) in [5, 5.41) is 19.5. The molecule has 0 saturated carbocycles. The summed E-state index contributed by atoms with van der Waals surface area (Å²) < 4.78 is 89.5. The number of aliphatic hydroxyl groups excluding tert-OH is 2. The van der Waals surface area contributed by atoms with Crippen molar-refractivity contribution in [2.75, 3.05) is 51.9 Å². The van der Waals surface area contributed by atoms with Crippen molar-refractivity contribution in [1.29, 1.82) is 0 Å². The Hall–Kier alpha value is 0.100. The van der Waals surface area contributed by atoms with Crippen LogP contribution in [-0.4, -0.2) is 98.7 Å². The molecule has 4 heterocycles. The van der Waals surface area contributed by atoms with E-state index in [1.54, 1.807) is 0 Å². The van der Waals surface area contributed by atoms with Gasteiger partial charge in [0, 0.05) is 32.6 Å². The van der Waals surface area contributed by atoms with Crippen LogP contribution in [0, 0.1) is 0 Å². The molecule has 0 radical (unpaired) electrons. The lowest BCUT2D eigenvalue weighted by molar-refractivity contribution is -0.0131. The molecule has 0 aromatic rings. The SMILES string of the molecule is [3H][C@H]1C[C@@H](O)[C@@H](CO[P@]2(=O)CCCC[P@](=O)(O[C@@H]3C[C@H]([3H])O[C@@H]3CO)OC[C@H]3O[C@@H]([3H])C[C@H]3O2)O1. The molecular weight excluding hydrogens is 466 g/mol. The minimum absolute atomic E-state index is 0.00300. The van der Waals surface area contributed by atoms with E-state index in [2.05, 4.69) is 0 Å². The normalized spacial score (nSPS) is 54.3. The Bertz CT molecular complexity index is 810. The van der Waals surface area contributed by atoms with Crippen LogP contribution in [0.15, 0.2) is 0 Å². The third-order valence-corrected chi connectivity index (χ3v) is 9.82. The maximum Gasteiger partial charge on any atom is 0.331 e. The van der Waals surface area contributed by atoms with E-state index in [1.165, 1.54) is 0 Å². The van der Waals surface area contributed by atoms with Gasteiger partial charge in [0.05, 0.1) is 54.6 Å². The lowest BCUT2D eigenvalue weighted by atomic mass is 10.2. The van der Waals surface area contributed by atoms with Crippen molar-refractivity contribution in [3.05, 3.63) is 0 Å². The van der Waals surface area contributed by atoms with E-state index in [4.69, 9.17) is 36.4 Å². The number of fused-ring (bicyclic) bond motifs is 1. The zero-order valence-electron chi connectivity index (χ0n) is 20.7. The van der Waals surface area contributed by atoms with Crippen molar-refractivity contribution in [2.24, 2.45) is 0 Å². The summed E-state index contributed by atoms with van der Waals surface area (Å²) >= 11 is 0. The fourth-order valence-electron chi connectivity index (χ4n) is 3.92. The van der Waals surface area contributed by atoms with Crippen LogP contribution in [0.1, 0.15) is 36.2 Å². The highest BCUT2D eigenvalue weighted by molar-refractivity contribution is 7.54. The molecule has 11 nitrogen and oxygen atoms in total. The van der Waals surface area contributed by atoms with Crippen LogP contribution in [0.25, 0.3) is 0 Å². The van der Waals surface area contributed by atoms with Crippen LogP contribution < -0.4 is 0 Å². The van der Waals surface area contributed by atoms with E-state index in [-0.39, 0.29) is 51.4 Å². The third kappa shape index (κ3) is 6.40. The molecule has 4 saturated heterocycles. The predicted octanol–water partition coefficient (Wildman–Crippen LogP) is 1.69. The summed E-state index contributed by atoms with van der Waals surface area (Å²) in [6.07, 6.45) is -3.94. The molecule has 32 heavy (non-hydrogen) atoms. The molecular formula is C19H34O11P2. The van der Waals surface area contributed by atoms with Gasteiger partial charge < -0.3 is 42.5 Å². The molecule has 0 bridgehead atoms. The zero-order chi connectivity index (χ0) is 25.2. The molecule has 0 spiro atoms. The molecule has 0 amide bonds. The fourth-order valence-corrected chi connectivity index (χ4v) is 7.75. The minimum atomic E-state index is -3.72. The average molecular weight is 506 g/mol. The highest BCUT2D eigenvalue weighted by Gasteiger charge is 2.42. The summed E-state index contributed by atoms with van der Waals surface area (Å²) in [4.78, 5) is 0. The fraction of sp³-hybridized carbons (Fsp3) is 1.00. The molecule has 186 valence electrons. The summed E-state index contributed by atoms with van der Waals surface area (Å²) in [6, 6.07) is 0. The minimum Gasteiger partial charge on any atom is -0.394 e. The first-order valence-electron chi connectivity index (χ1n) is 12.7. The molecule has 0 aromatic heterocycles. The Labute approximate surface area is 192 Å². The van der Waals surface area contributed by atoms with Crippen LogP contribution in [-0.2, 0) is 41.4 Å². The largest absolute Gasteiger partial charge is 0.394 e. The maximum atomic E-state index is 13.6. The van der Waals surface area contributed by atoms with Crippen molar-refractivity contribution in [2.45, 2.75) is 68.7 Å². The first-order chi connectivity index (χ1) is 16.6. The van der Waals surface area contributed by atoms with Gasteiger partial charge in [-0.05, 0) is 19.3 Å². The van der Waals surface area contributed by atoms with E-state index < -0.39 is 71.6 Å². The molecule has 4 aliphatic rings. The molecule has 4 rings (SSSR count). The number of hydrogen-bond acceptors (Lipinski definition) is 11. The summed E-state index contributed by atoms with van der Waals surface area (Å²) in [5.74, 6) is 0. The van der Waals surface area contributed by atoms with Crippen molar-refractivity contribution < 1.29 is 55.8 Å². The van der Waals surface area contributed by atoms with Crippen LogP contribution in [0.3, 0.4) is 0 Å². The Kier molecular flexibility index (Phi) is 7.50. The Morgan fingerprint density at radius 3 is 2.41 bits per heavy atom. The lowest BCUT2D eigenvalue weighted by Gasteiger charge is -2.27. The van der Waals surface area contributed by atoms with Gasteiger partial charge in [0.2, 0.25) is 0 Å². The van der Waals surface area contributed by atoms with E-state index in [0.717, 1.165) is 0 Å². The Morgan fingerprint density at radius 1 is 0.938 bits per heavy atom. The highest BCUT2D eigenvalue weighted by atomic mass is 31.2. The van der Waals surface area contributed by atoms with Crippen molar-refractivity contribution in [3.63, 3.8) is 0 Å². The monoisotopic (exact) mass is 506 g/mol. The predicted molar refractivity (Wildman–Crippen MR) is 112 cm³/mol. The van der Waals surface area contributed by atoms with Crippen LogP contribution in [0.5, 0.6) is 0 Å². The molecule has 11 atom stereocenters. The first kappa shape index (κ1) is 21.4. The number of hydrogen-bond donors (Lipinski definition) is 2. The maximum absolute atomic E-state index is 13.6. The number of aliphatic hydroxyl groups is 2.